The van der Waals surface area contributed by atoms with Crippen LogP contribution in [0.3, 0.4) is 0 Å². The van der Waals surface area contributed by atoms with Crippen molar-refractivity contribution in [2.24, 2.45) is 0 Å². The molecule has 0 fully saturated rings. The monoisotopic (exact) mass is 268 g/mol. The van der Waals surface area contributed by atoms with Crippen LogP contribution in [0.5, 0.6) is 0 Å². The lowest BCUT2D eigenvalue weighted by molar-refractivity contribution is -0.385. The van der Waals surface area contributed by atoms with E-state index in [-0.39, 0.29) is 17.6 Å². The van der Waals surface area contributed by atoms with Crippen LogP contribution in [0.15, 0.2) is 18.2 Å². The number of non-ortho nitro benzene ring substituents is 1. The van der Waals surface area contributed by atoms with Crippen molar-refractivity contribution in [1.82, 2.24) is 5.32 Å². The Balaban J connectivity index is 2.91. The van der Waals surface area contributed by atoms with Crippen LogP contribution in [0.4, 0.5) is 10.1 Å². The van der Waals surface area contributed by atoms with Gasteiger partial charge in [-0.05, 0) is 36.9 Å². The number of rotatable bonds is 7. The Bertz CT molecular complexity index is 437. The highest BCUT2D eigenvalue weighted by molar-refractivity contribution is 5.36. The van der Waals surface area contributed by atoms with E-state index >= 15 is 0 Å². The van der Waals surface area contributed by atoms with E-state index in [2.05, 4.69) is 12.2 Å². The highest BCUT2D eigenvalue weighted by Gasteiger charge is 2.21. The Morgan fingerprint density at radius 2 is 2.11 bits per heavy atom. The molecule has 0 aliphatic carbocycles. The Morgan fingerprint density at radius 3 is 2.58 bits per heavy atom. The third-order valence-corrected chi connectivity index (χ3v) is 3.39. The minimum absolute atomic E-state index is 0.0163. The second-order valence-electron chi connectivity index (χ2n) is 4.72. The molecule has 0 bridgehead atoms. The van der Waals surface area contributed by atoms with Gasteiger partial charge in [0, 0.05) is 12.1 Å². The van der Waals surface area contributed by atoms with Crippen LogP contribution in [-0.2, 0) is 0 Å². The first-order valence-corrected chi connectivity index (χ1v) is 6.68. The van der Waals surface area contributed by atoms with Gasteiger partial charge in [-0.1, -0.05) is 20.8 Å². The van der Waals surface area contributed by atoms with Crippen molar-refractivity contribution in [2.75, 3.05) is 6.54 Å². The molecule has 0 aromatic heterocycles. The van der Waals surface area contributed by atoms with E-state index in [0.717, 1.165) is 25.5 Å². The minimum atomic E-state index is -0.579. The van der Waals surface area contributed by atoms with E-state index in [9.17, 15) is 14.5 Å². The molecule has 1 aromatic carbocycles. The molecular formula is C14H21FN2O2. The molecule has 0 heterocycles. The molecule has 0 amide bonds. The summed E-state index contributed by atoms with van der Waals surface area (Å²) < 4.78 is 13.9. The molecule has 5 heteroatoms. The predicted octanol–water partition coefficient (Wildman–Crippen LogP) is 3.62. The maximum Gasteiger partial charge on any atom is 0.272 e. The Hall–Kier alpha value is -1.49. The van der Waals surface area contributed by atoms with Crippen LogP contribution in [0.25, 0.3) is 0 Å². The van der Waals surface area contributed by atoms with Crippen LogP contribution in [-0.4, -0.2) is 17.5 Å². The van der Waals surface area contributed by atoms with E-state index in [1.165, 1.54) is 12.1 Å². The third-order valence-electron chi connectivity index (χ3n) is 3.39. The summed E-state index contributed by atoms with van der Waals surface area (Å²) in [4.78, 5) is 10.0. The average Bonchev–Trinajstić information content (AvgIpc) is 2.39. The molecule has 0 saturated carbocycles. The summed E-state index contributed by atoms with van der Waals surface area (Å²) in [5.41, 5.74) is 0.323. The Morgan fingerprint density at radius 1 is 1.42 bits per heavy atom. The van der Waals surface area contributed by atoms with Crippen molar-refractivity contribution in [3.05, 3.63) is 39.7 Å². The van der Waals surface area contributed by atoms with Crippen LogP contribution in [0.1, 0.15) is 45.1 Å². The van der Waals surface area contributed by atoms with Gasteiger partial charge in [0.05, 0.1) is 11.0 Å². The van der Waals surface area contributed by atoms with Crippen LogP contribution < -0.4 is 5.32 Å². The quantitative estimate of drug-likeness (QED) is 0.607. The zero-order chi connectivity index (χ0) is 14.4. The summed E-state index contributed by atoms with van der Waals surface area (Å²) in [6, 6.07) is 4.06. The number of hydrogen-bond donors (Lipinski definition) is 1. The molecular weight excluding hydrogens is 247 g/mol. The molecule has 0 aliphatic rings. The predicted molar refractivity (Wildman–Crippen MR) is 73.8 cm³/mol. The van der Waals surface area contributed by atoms with E-state index < -0.39 is 10.7 Å². The van der Waals surface area contributed by atoms with Crippen molar-refractivity contribution in [2.45, 2.75) is 45.6 Å². The van der Waals surface area contributed by atoms with Crippen LogP contribution in [0.2, 0.25) is 0 Å². The summed E-state index contributed by atoms with van der Waals surface area (Å²) >= 11 is 0. The SMILES string of the molecule is CCCNC(CC)C(C)c1ccc([N+](=O)[O-])cc1F. The van der Waals surface area contributed by atoms with Crippen LogP contribution in [0, 0.1) is 15.9 Å². The van der Waals surface area contributed by atoms with Crippen molar-refractivity contribution in [3.8, 4) is 0 Å². The standard InChI is InChI=1S/C14H21FN2O2/c1-4-8-16-14(5-2)10(3)12-7-6-11(17(18)19)9-13(12)15/h6-7,9-10,14,16H,4-5,8H2,1-3H3. The summed E-state index contributed by atoms with van der Waals surface area (Å²) in [5, 5.41) is 14.0. The second-order valence-corrected chi connectivity index (χ2v) is 4.72. The number of nitro benzene ring substituents is 1. The molecule has 0 radical (unpaired) electrons. The molecule has 1 N–H and O–H groups in total. The second kappa shape index (κ2) is 7.19. The number of hydrogen-bond acceptors (Lipinski definition) is 3. The molecule has 19 heavy (non-hydrogen) atoms. The lowest BCUT2D eigenvalue weighted by atomic mass is 9.91. The lowest BCUT2D eigenvalue weighted by Gasteiger charge is -2.24. The first-order chi connectivity index (χ1) is 9.01. The largest absolute Gasteiger partial charge is 0.313 e. The van der Waals surface area contributed by atoms with Crippen molar-refractivity contribution in [3.63, 3.8) is 0 Å². The molecule has 4 nitrogen and oxygen atoms in total. The maximum absolute atomic E-state index is 13.9. The molecule has 0 spiro atoms. The van der Waals surface area contributed by atoms with Crippen LogP contribution >= 0.6 is 0 Å². The minimum Gasteiger partial charge on any atom is -0.313 e. The molecule has 1 aromatic rings. The van der Waals surface area contributed by atoms with Gasteiger partial charge in [0.15, 0.2) is 0 Å². The number of nitro groups is 1. The Labute approximate surface area is 113 Å². The lowest BCUT2D eigenvalue weighted by Crippen LogP contribution is -2.34. The van der Waals surface area contributed by atoms with Crippen molar-refractivity contribution < 1.29 is 9.31 Å². The van der Waals surface area contributed by atoms with E-state index in [0.29, 0.717) is 5.56 Å². The van der Waals surface area contributed by atoms with Gasteiger partial charge < -0.3 is 5.32 Å². The number of nitrogens with zero attached hydrogens (tertiary/aromatic N) is 1. The Kier molecular flexibility index (Phi) is 5.89. The molecule has 106 valence electrons. The van der Waals surface area contributed by atoms with E-state index in [4.69, 9.17) is 0 Å². The number of nitrogens with one attached hydrogen (secondary N) is 1. The van der Waals surface area contributed by atoms with Gasteiger partial charge in [0.1, 0.15) is 5.82 Å². The number of benzene rings is 1. The summed E-state index contributed by atoms with van der Waals surface area (Å²) in [7, 11) is 0. The van der Waals surface area contributed by atoms with Crippen molar-refractivity contribution in [1.29, 1.82) is 0 Å². The zero-order valence-electron chi connectivity index (χ0n) is 11.6. The highest BCUT2D eigenvalue weighted by Crippen LogP contribution is 2.26. The molecule has 0 aliphatic heterocycles. The van der Waals surface area contributed by atoms with Gasteiger partial charge in [0.2, 0.25) is 0 Å². The fraction of sp³-hybridized carbons (Fsp3) is 0.571. The van der Waals surface area contributed by atoms with Gasteiger partial charge in [-0.25, -0.2) is 4.39 Å². The molecule has 2 atom stereocenters. The van der Waals surface area contributed by atoms with Gasteiger partial charge in [-0.2, -0.15) is 0 Å². The highest BCUT2D eigenvalue weighted by atomic mass is 19.1. The van der Waals surface area contributed by atoms with E-state index in [1.54, 1.807) is 0 Å². The van der Waals surface area contributed by atoms with Gasteiger partial charge in [-0.15, -0.1) is 0 Å². The summed E-state index contributed by atoms with van der Waals surface area (Å²) in [5.74, 6) is -0.518. The summed E-state index contributed by atoms with van der Waals surface area (Å²) in [6.07, 6.45) is 1.91. The maximum atomic E-state index is 13.9. The van der Waals surface area contributed by atoms with Gasteiger partial charge >= 0.3 is 0 Å². The topological polar surface area (TPSA) is 55.2 Å². The average molecular weight is 268 g/mol. The fourth-order valence-electron chi connectivity index (χ4n) is 2.22. The zero-order valence-corrected chi connectivity index (χ0v) is 11.6. The van der Waals surface area contributed by atoms with Gasteiger partial charge in [-0.3, -0.25) is 10.1 Å². The van der Waals surface area contributed by atoms with Gasteiger partial charge in [0.25, 0.3) is 5.69 Å². The first kappa shape index (κ1) is 15.6. The molecule has 0 saturated heterocycles. The fourth-order valence-corrected chi connectivity index (χ4v) is 2.22. The number of halogens is 1. The normalized spacial score (nSPS) is 14.1. The van der Waals surface area contributed by atoms with E-state index in [1.807, 2.05) is 13.8 Å². The summed E-state index contributed by atoms with van der Waals surface area (Å²) in [6.45, 7) is 6.96. The molecule has 2 unspecified atom stereocenters. The first-order valence-electron chi connectivity index (χ1n) is 6.68. The smallest absolute Gasteiger partial charge is 0.272 e. The third kappa shape index (κ3) is 3.99. The van der Waals surface area contributed by atoms with Crippen molar-refractivity contribution >= 4 is 5.69 Å². The molecule has 1 rings (SSSR count).